The van der Waals surface area contributed by atoms with Gasteiger partial charge in [0.25, 0.3) is 0 Å². The Kier molecular flexibility index (Phi) is 4.86. The van der Waals surface area contributed by atoms with E-state index in [1.165, 1.54) is 25.7 Å². The Bertz CT molecular complexity index is 378. The van der Waals surface area contributed by atoms with E-state index in [1.54, 1.807) is 0 Å². The standard InChI is InChI=1S/C13H18BrClN2/c14-12-6-5-10(15)8-11(12)13(17-16)7-9-3-1-2-4-9/h5-6,8-9,13,17H,1-4,7,16H2. The Hall–Kier alpha value is -0.0900. The summed E-state index contributed by atoms with van der Waals surface area (Å²) in [6.45, 7) is 0. The van der Waals surface area contributed by atoms with Crippen LogP contribution in [0.5, 0.6) is 0 Å². The van der Waals surface area contributed by atoms with Crippen molar-refractivity contribution in [2.24, 2.45) is 11.8 Å². The van der Waals surface area contributed by atoms with Gasteiger partial charge in [-0.3, -0.25) is 11.3 Å². The number of benzene rings is 1. The van der Waals surface area contributed by atoms with Gasteiger partial charge in [0.05, 0.1) is 0 Å². The van der Waals surface area contributed by atoms with Crippen molar-refractivity contribution in [3.8, 4) is 0 Å². The van der Waals surface area contributed by atoms with Crippen LogP contribution in [0.4, 0.5) is 0 Å². The van der Waals surface area contributed by atoms with E-state index in [0.717, 1.165) is 27.4 Å². The molecule has 0 aromatic heterocycles. The van der Waals surface area contributed by atoms with Crippen LogP contribution in [0.3, 0.4) is 0 Å². The number of nitrogens with one attached hydrogen (secondary N) is 1. The molecule has 1 fully saturated rings. The first-order valence-electron chi connectivity index (χ1n) is 6.12. The topological polar surface area (TPSA) is 38.0 Å². The van der Waals surface area contributed by atoms with Crippen molar-refractivity contribution < 1.29 is 0 Å². The number of rotatable bonds is 4. The molecular weight excluding hydrogens is 300 g/mol. The van der Waals surface area contributed by atoms with Crippen LogP contribution >= 0.6 is 27.5 Å². The molecule has 0 aliphatic heterocycles. The van der Waals surface area contributed by atoms with Crippen molar-refractivity contribution in [1.82, 2.24) is 5.43 Å². The minimum absolute atomic E-state index is 0.186. The fourth-order valence-corrected chi connectivity index (χ4v) is 3.35. The third kappa shape index (κ3) is 3.44. The van der Waals surface area contributed by atoms with Crippen molar-refractivity contribution in [3.63, 3.8) is 0 Å². The first kappa shape index (κ1) is 13.3. The fourth-order valence-electron chi connectivity index (χ4n) is 2.65. The molecule has 0 spiro atoms. The quantitative estimate of drug-likeness (QED) is 0.645. The Morgan fingerprint density at radius 1 is 1.41 bits per heavy atom. The van der Waals surface area contributed by atoms with E-state index in [2.05, 4.69) is 21.4 Å². The molecule has 0 bridgehead atoms. The molecular formula is C13H18BrClN2. The Morgan fingerprint density at radius 3 is 2.76 bits per heavy atom. The third-order valence-electron chi connectivity index (χ3n) is 3.58. The summed E-state index contributed by atoms with van der Waals surface area (Å²) in [5.74, 6) is 6.48. The highest BCUT2D eigenvalue weighted by atomic mass is 79.9. The molecule has 1 aromatic rings. The van der Waals surface area contributed by atoms with E-state index in [0.29, 0.717) is 0 Å². The van der Waals surface area contributed by atoms with Gasteiger partial charge in [0.2, 0.25) is 0 Å². The average molecular weight is 318 g/mol. The van der Waals surface area contributed by atoms with Crippen molar-refractivity contribution >= 4 is 27.5 Å². The van der Waals surface area contributed by atoms with Crippen molar-refractivity contribution in [3.05, 3.63) is 33.3 Å². The molecule has 0 radical (unpaired) electrons. The molecule has 1 atom stereocenters. The molecule has 1 aromatic carbocycles. The zero-order chi connectivity index (χ0) is 12.3. The monoisotopic (exact) mass is 316 g/mol. The summed E-state index contributed by atoms with van der Waals surface area (Å²) >= 11 is 9.61. The number of hydrazine groups is 1. The van der Waals surface area contributed by atoms with Crippen LogP contribution < -0.4 is 11.3 Å². The maximum atomic E-state index is 6.05. The Labute approximate surface area is 116 Å². The van der Waals surface area contributed by atoms with E-state index in [1.807, 2.05) is 18.2 Å². The first-order valence-corrected chi connectivity index (χ1v) is 7.29. The van der Waals surface area contributed by atoms with Crippen LogP contribution in [-0.2, 0) is 0 Å². The summed E-state index contributed by atoms with van der Waals surface area (Å²) < 4.78 is 1.07. The van der Waals surface area contributed by atoms with E-state index < -0.39 is 0 Å². The lowest BCUT2D eigenvalue weighted by atomic mass is 9.94. The predicted molar refractivity (Wildman–Crippen MR) is 75.8 cm³/mol. The number of hydrogen-bond donors (Lipinski definition) is 2. The average Bonchev–Trinajstić information content (AvgIpc) is 2.82. The fraction of sp³-hybridized carbons (Fsp3) is 0.538. The maximum Gasteiger partial charge on any atom is 0.0474 e. The first-order chi connectivity index (χ1) is 8.20. The summed E-state index contributed by atoms with van der Waals surface area (Å²) in [4.78, 5) is 0. The second-order valence-corrected chi connectivity index (χ2v) is 6.06. The molecule has 3 N–H and O–H groups in total. The Morgan fingerprint density at radius 2 is 2.12 bits per heavy atom. The van der Waals surface area contributed by atoms with Gasteiger partial charge in [-0.15, -0.1) is 0 Å². The molecule has 4 heteroatoms. The highest BCUT2D eigenvalue weighted by Gasteiger charge is 2.22. The third-order valence-corrected chi connectivity index (χ3v) is 4.54. The van der Waals surface area contributed by atoms with Crippen molar-refractivity contribution in [1.29, 1.82) is 0 Å². The lowest BCUT2D eigenvalue weighted by Crippen LogP contribution is -2.29. The number of hydrogen-bond acceptors (Lipinski definition) is 2. The molecule has 1 aliphatic rings. The smallest absolute Gasteiger partial charge is 0.0474 e. The molecule has 94 valence electrons. The minimum Gasteiger partial charge on any atom is -0.271 e. The van der Waals surface area contributed by atoms with Crippen molar-refractivity contribution in [2.45, 2.75) is 38.1 Å². The van der Waals surface area contributed by atoms with Crippen LogP contribution in [0, 0.1) is 5.92 Å². The molecule has 1 aliphatic carbocycles. The summed E-state index contributed by atoms with van der Waals surface area (Å²) in [5, 5.41) is 0.759. The van der Waals surface area contributed by atoms with Gasteiger partial charge in [-0.25, -0.2) is 0 Å². The molecule has 1 saturated carbocycles. The van der Waals surface area contributed by atoms with Crippen molar-refractivity contribution in [2.75, 3.05) is 0 Å². The lowest BCUT2D eigenvalue weighted by Gasteiger charge is -2.21. The molecule has 0 saturated heterocycles. The van der Waals surface area contributed by atoms with Gasteiger partial charge in [-0.2, -0.15) is 0 Å². The summed E-state index contributed by atoms with van der Waals surface area (Å²) in [6.07, 6.45) is 6.47. The van der Waals surface area contributed by atoms with Crippen LogP contribution in [0.2, 0.25) is 5.02 Å². The summed E-state index contributed by atoms with van der Waals surface area (Å²) in [7, 11) is 0. The van der Waals surface area contributed by atoms with Gasteiger partial charge in [-0.05, 0) is 36.1 Å². The SMILES string of the molecule is NNC(CC1CCCC1)c1cc(Cl)ccc1Br. The highest BCUT2D eigenvalue weighted by Crippen LogP contribution is 2.35. The highest BCUT2D eigenvalue weighted by molar-refractivity contribution is 9.10. The maximum absolute atomic E-state index is 6.05. The van der Waals surface area contributed by atoms with Gasteiger partial charge in [0.15, 0.2) is 0 Å². The number of nitrogens with two attached hydrogens (primary N) is 1. The van der Waals surface area contributed by atoms with Gasteiger partial charge in [0, 0.05) is 15.5 Å². The largest absolute Gasteiger partial charge is 0.271 e. The molecule has 0 amide bonds. The second kappa shape index (κ2) is 6.19. The van der Waals surface area contributed by atoms with Gasteiger partial charge >= 0.3 is 0 Å². The molecule has 2 nitrogen and oxygen atoms in total. The van der Waals surface area contributed by atoms with Crippen LogP contribution in [0.25, 0.3) is 0 Å². The lowest BCUT2D eigenvalue weighted by molar-refractivity contribution is 0.399. The Balaban J connectivity index is 2.13. The summed E-state index contributed by atoms with van der Waals surface area (Å²) in [6, 6.07) is 6.05. The van der Waals surface area contributed by atoms with E-state index in [-0.39, 0.29) is 6.04 Å². The van der Waals surface area contributed by atoms with Gasteiger partial charge < -0.3 is 0 Å². The van der Waals surface area contributed by atoms with Crippen LogP contribution in [0.15, 0.2) is 22.7 Å². The second-order valence-electron chi connectivity index (χ2n) is 4.77. The molecule has 0 heterocycles. The van der Waals surface area contributed by atoms with Gasteiger partial charge in [-0.1, -0.05) is 53.2 Å². The van der Waals surface area contributed by atoms with E-state index >= 15 is 0 Å². The predicted octanol–water partition coefficient (Wildman–Crippen LogP) is 4.19. The molecule has 2 rings (SSSR count). The van der Waals surface area contributed by atoms with Crippen LogP contribution in [-0.4, -0.2) is 0 Å². The molecule has 17 heavy (non-hydrogen) atoms. The normalized spacial score (nSPS) is 18.5. The zero-order valence-corrected chi connectivity index (χ0v) is 12.1. The zero-order valence-electron chi connectivity index (χ0n) is 9.76. The van der Waals surface area contributed by atoms with Gasteiger partial charge in [0.1, 0.15) is 0 Å². The van der Waals surface area contributed by atoms with Crippen LogP contribution in [0.1, 0.15) is 43.7 Å². The number of halogens is 2. The molecule has 1 unspecified atom stereocenters. The summed E-state index contributed by atoms with van der Waals surface area (Å²) in [5.41, 5.74) is 4.08. The van der Waals surface area contributed by atoms with E-state index in [9.17, 15) is 0 Å². The van der Waals surface area contributed by atoms with E-state index in [4.69, 9.17) is 17.4 Å². The minimum atomic E-state index is 0.186.